The van der Waals surface area contributed by atoms with E-state index in [-0.39, 0.29) is 18.7 Å². The number of aliphatic hydroxyl groups excluding tert-OH is 1. The first-order chi connectivity index (χ1) is 10.0. The van der Waals surface area contributed by atoms with Gasteiger partial charge in [-0.15, -0.1) is 0 Å². The van der Waals surface area contributed by atoms with Crippen LogP contribution in [0.5, 0.6) is 0 Å². The first kappa shape index (κ1) is 17.1. The van der Waals surface area contributed by atoms with Gasteiger partial charge in [-0.1, -0.05) is 12.8 Å². The minimum absolute atomic E-state index is 0.0947. The van der Waals surface area contributed by atoms with Crippen LogP contribution in [-0.2, 0) is 10.2 Å². The fourth-order valence-electron chi connectivity index (χ4n) is 3.27. The summed E-state index contributed by atoms with van der Waals surface area (Å²) in [4.78, 5) is 2.35. The minimum Gasteiger partial charge on any atom is -0.395 e. The molecule has 124 valence electrons. The van der Waals surface area contributed by atoms with Gasteiger partial charge >= 0.3 is 0 Å². The van der Waals surface area contributed by atoms with Crippen molar-refractivity contribution in [2.45, 2.75) is 57.5 Å². The molecule has 2 atom stereocenters. The summed E-state index contributed by atoms with van der Waals surface area (Å²) in [6, 6.07) is -0.0426. The van der Waals surface area contributed by atoms with E-state index in [2.05, 4.69) is 16.5 Å². The average Bonchev–Trinajstić information content (AvgIpc) is 2.53. The van der Waals surface area contributed by atoms with E-state index in [1.165, 1.54) is 23.6 Å². The molecule has 7 heteroatoms. The van der Waals surface area contributed by atoms with Crippen LogP contribution in [0.2, 0.25) is 0 Å². The monoisotopic (exact) mass is 319 g/mol. The third-order valence-corrected chi connectivity index (χ3v) is 6.30. The van der Waals surface area contributed by atoms with E-state index < -0.39 is 10.2 Å². The van der Waals surface area contributed by atoms with Gasteiger partial charge in [0.2, 0.25) is 0 Å². The Balaban J connectivity index is 1.87. The van der Waals surface area contributed by atoms with E-state index in [0.29, 0.717) is 13.1 Å². The van der Waals surface area contributed by atoms with E-state index >= 15 is 0 Å². The molecule has 2 N–H and O–H groups in total. The van der Waals surface area contributed by atoms with Gasteiger partial charge in [0.15, 0.2) is 0 Å². The number of nitrogens with one attached hydrogen (secondary N) is 1. The Labute approximate surface area is 128 Å². The molecule has 0 aliphatic carbocycles. The molecule has 2 aliphatic heterocycles. The molecule has 0 bridgehead atoms. The normalized spacial score (nSPS) is 27.6. The van der Waals surface area contributed by atoms with Gasteiger partial charge in [-0.25, -0.2) is 4.72 Å². The lowest BCUT2D eigenvalue weighted by atomic mass is 10.1. The molecule has 6 nitrogen and oxygen atoms in total. The van der Waals surface area contributed by atoms with Crippen molar-refractivity contribution in [1.29, 1.82) is 0 Å². The number of likely N-dealkylation sites (tertiary alicyclic amines) is 1. The largest absolute Gasteiger partial charge is 0.395 e. The Morgan fingerprint density at radius 3 is 2.48 bits per heavy atom. The van der Waals surface area contributed by atoms with Crippen molar-refractivity contribution in [3.63, 3.8) is 0 Å². The molecule has 0 saturated carbocycles. The van der Waals surface area contributed by atoms with Gasteiger partial charge in [-0.3, -0.25) is 4.90 Å². The van der Waals surface area contributed by atoms with Crippen molar-refractivity contribution in [1.82, 2.24) is 13.9 Å². The lowest BCUT2D eigenvalue weighted by Crippen LogP contribution is -2.53. The summed E-state index contributed by atoms with van der Waals surface area (Å²) in [5.41, 5.74) is 0. The summed E-state index contributed by atoms with van der Waals surface area (Å²) in [6.07, 6.45) is 6.30. The Kier molecular flexibility index (Phi) is 6.43. The van der Waals surface area contributed by atoms with Gasteiger partial charge in [0.05, 0.1) is 6.61 Å². The van der Waals surface area contributed by atoms with Gasteiger partial charge in [0, 0.05) is 25.2 Å². The van der Waals surface area contributed by atoms with Crippen molar-refractivity contribution in [2.75, 3.05) is 32.8 Å². The second-order valence-electron chi connectivity index (χ2n) is 6.24. The predicted molar refractivity (Wildman–Crippen MR) is 83.2 cm³/mol. The van der Waals surface area contributed by atoms with E-state index in [4.69, 9.17) is 0 Å². The zero-order valence-corrected chi connectivity index (χ0v) is 13.8. The minimum atomic E-state index is -3.48. The SMILES string of the molecule is CC(CNS(=O)(=O)N1CCCCC1CO)N1CCCCC1. The summed E-state index contributed by atoms with van der Waals surface area (Å²) < 4.78 is 29.0. The highest BCUT2D eigenvalue weighted by atomic mass is 32.2. The van der Waals surface area contributed by atoms with Crippen molar-refractivity contribution < 1.29 is 13.5 Å². The molecular formula is C14H29N3O3S. The molecule has 2 unspecified atom stereocenters. The molecule has 0 aromatic carbocycles. The van der Waals surface area contributed by atoms with Crippen molar-refractivity contribution in [3.05, 3.63) is 0 Å². The standard InChI is InChI=1S/C14H29N3O3S/c1-13(16-8-4-2-5-9-16)11-15-21(19,20)17-10-6-3-7-14(17)12-18/h13-15,18H,2-12H2,1H3. The molecular weight excluding hydrogens is 290 g/mol. The lowest BCUT2D eigenvalue weighted by molar-refractivity contribution is 0.151. The third kappa shape index (κ3) is 4.63. The van der Waals surface area contributed by atoms with Gasteiger partial charge in [-0.05, 0) is 45.7 Å². The fraction of sp³-hybridized carbons (Fsp3) is 1.00. The van der Waals surface area contributed by atoms with Gasteiger partial charge in [0.1, 0.15) is 0 Å². The Morgan fingerprint density at radius 1 is 1.14 bits per heavy atom. The zero-order chi connectivity index (χ0) is 15.3. The van der Waals surface area contributed by atoms with Crippen LogP contribution >= 0.6 is 0 Å². The topological polar surface area (TPSA) is 72.9 Å². The van der Waals surface area contributed by atoms with Gasteiger partial charge in [-0.2, -0.15) is 12.7 Å². The van der Waals surface area contributed by atoms with Crippen LogP contribution in [0.4, 0.5) is 0 Å². The summed E-state index contributed by atoms with van der Waals surface area (Å²) in [6.45, 7) is 5.06. The maximum atomic E-state index is 12.4. The molecule has 0 radical (unpaired) electrons. The van der Waals surface area contributed by atoms with E-state index in [1.54, 1.807) is 0 Å². The number of piperidine rings is 2. The third-order valence-electron chi connectivity index (χ3n) is 4.67. The van der Waals surface area contributed by atoms with Gasteiger partial charge < -0.3 is 5.11 Å². The van der Waals surface area contributed by atoms with Crippen LogP contribution in [0.3, 0.4) is 0 Å². The summed E-state index contributed by atoms with van der Waals surface area (Å²) >= 11 is 0. The maximum absolute atomic E-state index is 12.4. The maximum Gasteiger partial charge on any atom is 0.279 e. The van der Waals surface area contributed by atoms with Crippen LogP contribution in [0.15, 0.2) is 0 Å². The number of hydrogen-bond donors (Lipinski definition) is 2. The quantitative estimate of drug-likeness (QED) is 0.749. The average molecular weight is 319 g/mol. The molecule has 2 aliphatic rings. The van der Waals surface area contributed by atoms with Crippen molar-refractivity contribution >= 4 is 10.2 Å². The van der Waals surface area contributed by atoms with E-state index in [0.717, 1.165) is 32.4 Å². The summed E-state index contributed by atoms with van der Waals surface area (Å²) in [5, 5.41) is 9.36. The first-order valence-corrected chi connectivity index (χ1v) is 9.60. The molecule has 2 heterocycles. The first-order valence-electron chi connectivity index (χ1n) is 8.16. The molecule has 2 fully saturated rings. The molecule has 0 spiro atoms. The predicted octanol–water partition coefficient (Wildman–Crippen LogP) is 0.542. The Hall–Kier alpha value is -0.210. The van der Waals surface area contributed by atoms with Crippen LogP contribution in [-0.4, -0.2) is 67.6 Å². The molecule has 0 amide bonds. The van der Waals surface area contributed by atoms with E-state index in [9.17, 15) is 13.5 Å². The Bertz CT molecular complexity index is 410. The highest BCUT2D eigenvalue weighted by molar-refractivity contribution is 7.87. The van der Waals surface area contributed by atoms with Crippen LogP contribution in [0.25, 0.3) is 0 Å². The number of aliphatic hydroxyl groups is 1. The van der Waals surface area contributed by atoms with Gasteiger partial charge in [0.25, 0.3) is 10.2 Å². The second-order valence-corrected chi connectivity index (χ2v) is 7.95. The molecule has 0 aromatic heterocycles. The molecule has 2 saturated heterocycles. The zero-order valence-electron chi connectivity index (χ0n) is 13.0. The van der Waals surface area contributed by atoms with Crippen molar-refractivity contribution in [3.8, 4) is 0 Å². The second kappa shape index (κ2) is 7.87. The van der Waals surface area contributed by atoms with Crippen LogP contribution in [0, 0.1) is 0 Å². The van der Waals surface area contributed by atoms with Crippen LogP contribution in [0.1, 0.15) is 45.4 Å². The summed E-state index contributed by atoms with van der Waals surface area (Å²) in [7, 11) is -3.48. The number of rotatable bonds is 6. The molecule has 21 heavy (non-hydrogen) atoms. The highest BCUT2D eigenvalue weighted by Crippen LogP contribution is 2.19. The van der Waals surface area contributed by atoms with Crippen LogP contribution < -0.4 is 4.72 Å². The highest BCUT2D eigenvalue weighted by Gasteiger charge is 2.32. The molecule has 0 aromatic rings. The smallest absolute Gasteiger partial charge is 0.279 e. The summed E-state index contributed by atoms with van der Waals surface area (Å²) in [5.74, 6) is 0. The lowest BCUT2D eigenvalue weighted by Gasteiger charge is -2.35. The Morgan fingerprint density at radius 2 is 1.81 bits per heavy atom. The van der Waals surface area contributed by atoms with Crippen molar-refractivity contribution in [2.24, 2.45) is 0 Å². The fourth-order valence-corrected chi connectivity index (χ4v) is 4.82. The van der Waals surface area contributed by atoms with E-state index in [1.807, 2.05) is 0 Å². The number of nitrogens with zero attached hydrogens (tertiary/aromatic N) is 2. The number of hydrogen-bond acceptors (Lipinski definition) is 4. The molecule has 2 rings (SSSR count).